The highest BCUT2D eigenvalue weighted by atomic mass is 32.2. The third-order valence-electron chi connectivity index (χ3n) is 2.82. The number of rotatable bonds is 4. The van der Waals surface area contributed by atoms with E-state index >= 15 is 0 Å². The van der Waals surface area contributed by atoms with Crippen molar-refractivity contribution in [2.24, 2.45) is 0 Å². The fraction of sp³-hybridized carbons (Fsp3) is 0.818. The Kier molecular flexibility index (Phi) is 5.39. The SMILES string of the molecule is C#CCNCCN1CCSC(C)C1C. The molecule has 0 aromatic carbocycles. The number of nitrogens with one attached hydrogen (secondary N) is 1. The number of terminal acetylenes is 1. The first kappa shape index (κ1) is 11.9. The van der Waals surface area contributed by atoms with Crippen molar-refractivity contribution in [3.8, 4) is 12.3 Å². The predicted octanol–water partition coefficient (Wildman–Crippen LogP) is 1.04. The Balaban J connectivity index is 2.19. The molecule has 1 saturated heterocycles. The van der Waals surface area contributed by atoms with E-state index in [9.17, 15) is 0 Å². The van der Waals surface area contributed by atoms with Crippen molar-refractivity contribution in [3.05, 3.63) is 0 Å². The molecule has 1 aliphatic heterocycles. The van der Waals surface area contributed by atoms with Crippen molar-refractivity contribution in [1.82, 2.24) is 10.2 Å². The monoisotopic (exact) mass is 212 g/mol. The third kappa shape index (κ3) is 3.53. The van der Waals surface area contributed by atoms with Gasteiger partial charge < -0.3 is 5.32 Å². The molecule has 0 radical (unpaired) electrons. The Morgan fingerprint density at radius 2 is 2.36 bits per heavy atom. The number of hydrogen-bond donors (Lipinski definition) is 1. The molecule has 0 aliphatic carbocycles. The van der Waals surface area contributed by atoms with Gasteiger partial charge in [0.05, 0.1) is 6.54 Å². The molecule has 0 aromatic heterocycles. The summed E-state index contributed by atoms with van der Waals surface area (Å²) in [5.41, 5.74) is 0. The highest BCUT2D eigenvalue weighted by Gasteiger charge is 2.24. The van der Waals surface area contributed by atoms with Crippen molar-refractivity contribution < 1.29 is 0 Å². The number of thioether (sulfide) groups is 1. The summed E-state index contributed by atoms with van der Waals surface area (Å²) in [6.07, 6.45) is 5.17. The minimum Gasteiger partial charge on any atom is -0.305 e. The van der Waals surface area contributed by atoms with Crippen LogP contribution in [-0.2, 0) is 0 Å². The van der Waals surface area contributed by atoms with Gasteiger partial charge in [-0.25, -0.2) is 0 Å². The molecule has 2 nitrogen and oxygen atoms in total. The average molecular weight is 212 g/mol. The summed E-state index contributed by atoms with van der Waals surface area (Å²) in [4.78, 5) is 2.55. The second-order valence-corrected chi connectivity index (χ2v) is 5.22. The Bertz CT molecular complexity index is 200. The molecule has 14 heavy (non-hydrogen) atoms. The van der Waals surface area contributed by atoms with E-state index in [0.29, 0.717) is 12.6 Å². The van der Waals surface area contributed by atoms with Gasteiger partial charge in [0.2, 0.25) is 0 Å². The molecule has 3 heteroatoms. The first-order valence-electron chi connectivity index (χ1n) is 5.25. The highest BCUT2D eigenvalue weighted by molar-refractivity contribution is 8.00. The van der Waals surface area contributed by atoms with Crippen molar-refractivity contribution in [3.63, 3.8) is 0 Å². The lowest BCUT2D eigenvalue weighted by atomic mass is 10.2. The van der Waals surface area contributed by atoms with E-state index in [0.717, 1.165) is 18.3 Å². The largest absolute Gasteiger partial charge is 0.305 e. The molecule has 1 aliphatic rings. The molecule has 1 N–H and O–H groups in total. The van der Waals surface area contributed by atoms with Crippen LogP contribution in [0.5, 0.6) is 0 Å². The number of nitrogens with zero attached hydrogens (tertiary/aromatic N) is 1. The van der Waals surface area contributed by atoms with Gasteiger partial charge in [-0.15, -0.1) is 6.42 Å². The van der Waals surface area contributed by atoms with Gasteiger partial charge in [0.1, 0.15) is 0 Å². The molecule has 80 valence electrons. The molecular formula is C11H20N2S. The van der Waals surface area contributed by atoms with E-state index in [1.807, 2.05) is 0 Å². The van der Waals surface area contributed by atoms with E-state index in [1.165, 1.54) is 12.3 Å². The molecule has 0 spiro atoms. The van der Waals surface area contributed by atoms with Crippen LogP contribution in [0.25, 0.3) is 0 Å². The molecule has 0 bridgehead atoms. The van der Waals surface area contributed by atoms with Crippen LogP contribution < -0.4 is 5.32 Å². The maximum absolute atomic E-state index is 5.17. The van der Waals surface area contributed by atoms with Crippen LogP contribution >= 0.6 is 11.8 Å². The summed E-state index contributed by atoms with van der Waals surface area (Å²) in [6, 6.07) is 0.696. The highest BCUT2D eigenvalue weighted by Crippen LogP contribution is 2.23. The normalized spacial score (nSPS) is 28.6. The molecule has 2 unspecified atom stereocenters. The molecular weight excluding hydrogens is 192 g/mol. The van der Waals surface area contributed by atoms with Crippen LogP contribution in [0.4, 0.5) is 0 Å². The third-order valence-corrected chi connectivity index (χ3v) is 4.16. The fourth-order valence-electron chi connectivity index (χ4n) is 1.69. The Labute approximate surface area is 91.8 Å². The van der Waals surface area contributed by atoms with Gasteiger partial charge in [-0.2, -0.15) is 11.8 Å². The Hall–Kier alpha value is -0.170. The van der Waals surface area contributed by atoms with Gasteiger partial charge in [-0.3, -0.25) is 4.90 Å². The lowest BCUT2D eigenvalue weighted by Crippen LogP contribution is -2.47. The standard InChI is InChI=1S/C11H20N2S/c1-4-5-12-6-7-13-8-9-14-11(3)10(13)2/h1,10-12H,5-9H2,2-3H3. The summed E-state index contributed by atoms with van der Waals surface area (Å²) in [5.74, 6) is 3.86. The minimum absolute atomic E-state index is 0.687. The second-order valence-electron chi connectivity index (χ2n) is 3.73. The molecule has 1 heterocycles. The molecule has 1 fully saturated rings. The van der Waals surface area contributed by atoms with Gasteiger partial charge in [0.15, 0.2) is 0 Å². The average Bonchev–Trinajstić information content (AvgIpc) is 2.19. The first-order chi connectivity index (χ1) is 6.75. The van der Waals surface area contributed by atoms with E-state index in [1.54, 1.807) is 0 Å². The van der Waals surface area contributed by atoms with Gasteiger partial charge in [-0.1, -0.05) is 12.8 Å². The second kappa shape index (κ2) is 6.34. The molecule has 0 aromatic rings. The van der Waals surface area contributed by atoms with Crippen LogP contribution in [0.2, 0.25) is 0 Å². The summed E-state index contributed by atoms with van der Waals surface area (Å²) in [6.45, 7) is 8.66. The summed E-state index contributed by atoms with van der Waals surface area (Å²) >= 11 is 2.08. The zero-order valence-electron chi connectivity index (χ0n) is 9.12. The lowest BCUT2D eigenvalue weighted by Gasteiger charge is -2.37. The maximum Gasteiger partial charge on any atom is 0.0574 e. The topological polar surface area (TPSA) is 15.3 Å². The van der Waals surface area contributed by atoms with Gasteiger partial charge in [-0.05, 0) is 6.92 Å². The van der Waals surface area contributed by atoms with Crippen molar-refractivity contribution in [1.29, 1.82) is 0 Å². The van der Waals surface area contributed by atoms with Crippen LogP contribution in [0.15, 0.2) is 0 Å². The molecule has 0 saturated carbocycles. The Morgan fingerprint density at radius 1 is 1.57 bits per heavy atom. The van der Waals surface area contributed by atoms with Gasteiger partial charge in [0.25, 0.3) is 0 Å². The van der Waals surface area contributed by atoms with E-state index in [4.69, 9.17) is 6.42 Å². The Morgan fingerprint density at radius 3 is 3.07 bits per heavy atom. The summed E-state index contributed by atoms with van der Waals surface area (Å²) < 4.78 is 0. The molecule has 0 amide bonds. The summed E-state index contributed by atoms with van der Waals surface area (Å²) in [5, 5.41) is 3.99. The predicted molar refractivity (Wildman–Crippen MR) is 64.7 cm³/mol. The maximum atomic E-state index is 5.17. The molecule has 1 rings (SSSR count). The lowest BCUT2D eigenvalue weighted by molar-refractivity contribution is 0.214. The van der Waals surface area contributed by atoms with E-state index in [-0.39, 0.29) is 0 Å². The van der Waals surface area contributed by atoms with E-state index < -0.39 is 0 Å². The van der Waals surface area contributed by atoms with Crippen molar-refractivity contribution in [2.45, 2.75) is 25.1 Å². The van der Waals surface area contributed by atoms with Crippen LogP contribution in [0.1, 0.15) is 13.8 Å². The number of hydrogen-bond acceptors (Lipinski definition) is 3. The van der Waals surface area contributed by atoms with Crippen LogP contribution in [0.3, 0.4) is 0 Å². The zero-order chi connectivity index (χ0) is 10.4. The minimum atomic E-state index is 0.687. The first-order valence-corrected chi connectivity index (χ1v) is 6.30. The van der Waals surface area contributed by atoms with Crippen molar-refractivity contribution in [2.75, 3.05) is 31.9 Å². The van der Waals surface area contributed by atoms with Crippen LogP contribution in [-0.4, -0.2) is 48.1 Å². The zero-order valence-corrected chi connectivity index (χ0v) is 9.94. The van der Waals surface area contributed by atoms with Gasteiger partial charge >= 0.3 is 0 Å². The van der Waals surface area contributed by atoms with Crippen LogP contribution in [0, 0.1) is 12.3 Å². The van der Waals surface area contributed by atoms with Gasteiger partial charge in [0, 0.05) is 36.7 Å². The fourth-order valence-corrected chi connectivity index (χ4v) is 2.86. The quantitative estimate of drug-likeness (QED) is 0.553. The van der Waals surface area contributed by atoms with Crippen molar-refractivity contribution >= 4 is 11.8 Å². The smallest absolute Gasteiger partial charge is 0.0574 e. The van der Waals surface area contributed by atoms with E-state index in [2.05, 4.69) is 41.7 Å². The summed E-state index contributed by atoms with van der Waals surface area (Å²) in [7, 11) is 0. The molecule has 2 atom stereocenters.